The van der Waals surface area contributed by atoms with E-state index in [1.807, 2.05) is 34.9 Å². The first-order valence-corrected chi connectivity index (χ1v) is 11.4. The Balaban J connectivity index is 1.50. The van der Waals surface area contributed by atoms with Gasteiger partial charge in [-0.15, -0.1) is 0 Å². The third kappa shape index (κ3) is 3.87. The van der Waals surface area contributed by atoms with Gasteiger partial charge < -0.3 is 5.32 Å². The van der Waals surface area contributed by atoms with Crippen LogP contribution in [-0.4, -0.2) is 35.5 Å². The zero-order chi connectivity index (χ0) is 22.9. The summed E-state index contributed by atoms with van der Waals surface area (Å²) >= 11 is 0. The molecule has 1 aliphatic rings. The summed E-state index contributed by atoms with van der Waals surface area (Å²) in [5, 5.41) is 3.46. The molecule has 0 unspecified atom stereocenters. The number of halogens is 1. The number of nitrogens with zero attached hydrogens (tertiary/aromatic N) is 6. The highest BCUT2D eigenvalue weighted by molar-refractivity contribution is 5.82. The number of aromatic nitrogens is 6. The Morgan fingerprint density at radius 3 is 2.38 bits per heavy atom. The fourth-order valence-corrected chi connectivity index (χ4v) is 4.47. The van der Waals surface area contributed by atoms with Crippen LogP contribution in [0.1, 0.15) is 25.7 Å². The molecule has 1 aliphatic carbocycles. The molecule has 1 aromatic carbocycles. The van der Waals surface area contributed by atoms with Crippen LogP contribution in [0.5, 0.6) is 0 Å². The lowest BCUT2D eigenvalue weighted by molar-refractivity contribution is 0.628. The molecular formula is C26H22FN7. The van der Waals surface area contributed by atoms with E-state index in [9.17, 15) is 4.39 Å². The van der Waals surface area contributed by atoms with Crippen LogP contribution < -0.4 is 5.32 Å². The SMILES string of the molecule is Fc1ccc(-c2nc3nc(-c4ccncc4)ccc3n2-c2ccnc(NC3CCCC3)n2)cc1. The molecule has 0 radical (unpaired) electrons. The molecule has 1 N–H and O–H groups in total. The molecule has 4 aromatic heterocycles. The van der Waals surface area contributed by atoms with Crippen molar-refractivity contribution in [3.05, 3.63) is 79.0 Å². The summed E-state index contributed by atoms with van der Waals surface area (Å²) in [4.78, 5) is 23.0. The number of imidazole rings is 1. The van der Waals surface area contributed by atoms with Gasteiger partial charge in [0.15, 0.2) is 5.65 Å². The molecule has 6 rings (SSSR count). The van der Waals surface area contributed by atoms with Gasteiger partial charge in [0.2, 0.25) is 5.95 Å². The van der Waals surface area contributed by atoms with E-state index in [1.165, 1.54) is 25.0 Å². The van der Waals surface area contributed by atoms with E-state index in [1.54, 1.807) is 30.7 Å². The van der Waals surface area contributed by atoms with Crippen LogP contribution in [0.2, 0.25) is 0 Å². The highest BCUT2D eigenvalue weighted by Crippen LogP contribution is 2.30. The number of nitrogens with one attached hydrogen (secondary N) is 1. The van der Waals surface area contributed by atoms with Crippen LogP contribution in [-0.2, 0) is 0 Å². The smallest absolute Gasteiger partial charge is 0.224 e. The third-order valence-corrected chi connectivity index (χ3v) is 6.16. The van der Waals surface area contributed by atoms with Crippen molar-refractivity contribution in [2.45, 2.75) is 31.7 Å². The molecule has 0 atom stereocenters. The Morgan fingerprint density at radius 1 is 0.794 bits per heavy atom. The van der Waals surface area contributed by atoms with E-state index in [4.69, 9.17) is 15.0 Å². The zero-order valence-electron chi connectivity index (χ0n) is 18.4. The van der Waals surface area contributed by atoms with Gasteiger partial charge in [0.05, 0.1) is 11.2 Å². The summed E-state index contributed by atoms with van der Waals surface area (Å²) in [6.07, 6.45) is 9.94. The standard InChI is InChI=1S/C26H22FN7/c27-19-7-5-18(6-8-19)25-33-24-22(10-9-21(31-24)17-11-14-28-15-12-17)34(25)23-13-16-29-26(32-23)30-20-3-1-2-4-20/h5-16,20H,1-4H2,(H,29,30,32). The van der Waals surface area contributed by atoms with Gasteiger partial charge in [0.25, 0.3) is 0 Å². The minimum Gasteiger partial charge on any atom is -0.351 e. The van der Waals surface area contributed by atoms with Crippen molar-refractivity contribution < 1.29 is 4.39 Å². The number of rotatable bonds is 5. The lowest BCUT2D eigenvalue weighted by atomic mass is 10.2. The summed E-state index contributed by atoms with van der Waals surface area (Å²) in [7, 11) is 0. The van der Waals surface area contributed by atoms with Gasteiger partial charge in [-0.1, -0.05) is 12.8 Å². The van der Waals surface area contributed by atoms with Crippen molar-refractivity contribution in [2.75, 3.05) is 5.32 Å². The quantitative estimate of drug-likeness (QED) is 0.384. The summed E-state index contributed by atoms with van der Waals surface area (Å²) in [5.74, 6) is 1.61. The number of pyridine rings is 2. The van der Waals surface area contributed by atoms with Gasteiger partial charge in [-0.3, -0.25) is 9.55 Å². The molecule has 5 aromatic rings. The zero-order valence-corrected chi connectivity index (χ0v) is 18.4. The van der Waals surface area contributed by atoms with E-state index in [2.05, 4.69) is 15.3 Å². The number of anilines is 1. The normalized spacial score (nSPS) is 14.0. The van der Waals surface area contributed by atoms with E-state index >= 15 is 0 Å². The molecule has 0 amide bonds. The van der Waals surface area contributed by atoms with E-state index in [0.717, 1.165) is 35.2 Å². The van der Waals surface area contributed by atoms with Crippen molar-refractivity contribution >= 4 is 17.1 Å². The maximum atomic E-state index is 13.6. The molecule has 0 aliphatic heterocycles. The van der Waals surface area contributed by atoms with Crippen LogP contribution in [0.25, 0.3) is 39.6 Å². The average molecular weight is 452 g/mol. The summed E-state index contributed by atoms with van der Waals surface area (Å²) in [6, 6.07) is 16.3. The number of benzene rings is 1. The maximum Gasteiger partial charge on any atom is 0.224 e. The third-order valence-electron chi connectivity index (χ3n) is 6.16. The number of hydrogen-bond acceptors (Lipinski definition) is 6. The van der Waals surface area contributed by atoms with Crippen molar-refractivity contribution in [3.63, 3.8) is 0 Å². The van der Waals surface area contributed by atoms with Crippen molar-refractivity contribution in [2.24, 2.45) is 0 Å². The monoisotopic (exact) mass is 451 g/mol. The Bertz CT molecular complexity index is 1440. The van der Waals surface area contributed by atoms with Crippen LogP contribution in [0, 0.1) is 5.82 Å². The van der Waals surface area contributed by atoms with Crippen LogP contribution >= 0.6 is 0 Å². The van der Waals surface area contributed by atoms with Crippen molar-refractivity contribution in [3.8, 4) is 28.5 Å². The molecule has 7 nitrogen and oxygen atoms in total. The largest absolute Gasteiger partial charge is 0.351 e. The molecule has 34 heavy (non-hydrogen) atoms. The molecule has 4 heterocycles. The Hall–Kier alpha value is -4.20. The summed E-state index contributed by atoms with van der Waals surface area (Å²) < 4.78 is 15.6. The second-order valence-corrected chi connectivity index (χ2v) is 8.42. The summed E-state index contributed by atoms with van der Waals surface area (Å²) in [5.41, 5.74) is 3.92. The molecule has 8 heteroatoms. The Labute approximate surface area is 195 Å². The average Bonchev–Trinajstić information content (AvgIpc) is 3.52. The molecule has 1 fully saturated rings. The fraction of sp³-hybridized carbons (Fsp3) is 0.192. The minimum atomic E-state index is -0.297. The van der Waals surface area contributed by atoms with Gasteiger partial charge >= 0.3 is 0 Å². The highest BCUT2D eigenvalue weighted by atomic mass is 19.1. The van der Waals surface area contributed by atoms with Gasteiger partial charge in [0.1, 0.15) is 17.5 Å². The van der Waals surface area contributed by atoms with Crippen molar-refractivity contribution in [1.82, 2.24) is 29.5 Å². The van der Waals surface area contributed by atoms with Crippen molar-refractivity contribution in [1.29, 1.82) is 0 Å². The van der Waals surface area contributed by atoms with Gasteiger partial charge in [-0.25, -0.2) is 19.3 Å². The van der Waals surface area contributed by atoms with Crippen LogP contribution in [0.3, 0.4) is 0 Å². The first-order valence-electron chi connectivity index (χ1n) is 11.4. The highest BCUT2D eigenvalue weighted by Gasteiger charge is 2.19. The molecular weight excluding hydrogens is 429 g/mol. The lowest BCUT2D eigenvalue weighted by Gasteiger charge is -2.14. The van der Waals surface area contributed by atoms with Gasteiger partial charge in [-0.05, 0) is 67.4 Å². The molecule has 0 bridgehead atoms. The van der Waals surface area contributed by atoms with E-state index in [-0.39, 0.29) is 5.82 Å². The topological polar surface area (TPSA) is 81.4 Å². The number of hydrogen-bond donors (Lipinski definition) is 1. The van der Waals surface area contributed by atoms with Gasteiger partial charge in [0, 0.05) is 35.8 Å². The second kappa shape index (κ2) is 8.62. The molecule has 168 valence electrons. The molecule has 1 saturated carbocycles. The Kier molecular flexibility index (Phi) is 5.18. The van der Waals surface area contributed by atoms with E-state index < -0.39 is 0 Å². The number of fused-ring (bicyclic) bond motifs is 1. The predicted octanol–water partition coefficient (Wildman–Crippen LogP) is 5.43. The lowest BCUT2D eigenvalue weighted by Crippen LogP contribution is -2.17. The van der Waals surface area contributed by atoms with Gasteiger partial charge in [-0.2, -0.15) is 4.98 Å². The minimum absolute atomic E-state index is 0.297. The predicted molar refractivity (Wildman–Crippen MR) is 129 cm³/mol. The Morgan fingerprint density at radius 2 is 1.59 bits per heavy atom. The van der Waals surface area contributed by atoms with Crippen LogP contribution in [0.15, 0.2) is 73.2 Å². The van der Waals surface area contributed by atoms with Crippen LogP contribution in [0.4, 0.5) is 10.3 Å². The second-order valence-electron chi connectivity index (χ2n) is 8.42. The molecule has 0 spiro atoms. The first-order chi connectivity index (χ1) is 16.7. The molecule has 0 saturated heterocycles. The fourth-order valence-electron chi connectivity index (χ4n) is 4.47. The first kappa shape index (κ1) is 20.4. The summed E-state index contributed by atoms with van der Waals surface area (Å²) in [6.45, 7) is 0. The maximum absolute atomic E-state index is 13.6. The van der Waals surface area contributed by atoms with E-state index in [0.29, 0.717) is 29.3 Å².